The highest BCUT2D eigenvalue weighted by atomic mass is 32.1. The van der Waals surface area contributed by atoms with E-state index in [1.807, 2.05) is 41.3 Å². The largest absolute Gasteiger partial charge is 0.493 e. The second-order valence-corrected chi connectivity index (χ2v) is 9.93. The van der Waals surface area contributed by atoms with Gasteiger partial charge in [-0.05, 0) is 61.8 Å². The van der Waals surface area contributed by atoms with Crippen LogP contribution in [0.5, 0.6) is 11.5 Å². The van der Waals surface area contributed by atoms with E-state index in [0.29, 0.717) is 28.9 Å². The molecule has 6 heteroatoms. The van der Waals surface area contributed by atoms with E-state index in [9.17, 15) is 0 Å². The van der Waals surface area contributed by atoms with Gasteiger partial charge in [-0.1, -0.05) is 26.3 Å². The number of hydrogen-bond donors (Lipinski definition) is 2. The van der Waals surface area contributed by atoms with Gasteiger partial charge in [0, 0.05) is 39.8 Å². The Morgan fingerprint density at radius 2 is 1.81 bits per heavy atom. The molecule has 1 aromatic carbocycles. The summed E-state index contributed by atoms with van der Waals surface area (Å²) in [7, 11) is 5.24. The van der Waals surface area contributed by atoms with Crippen molar-refractivity contribution in [3.05, 3.63) is 40.8 Å². The minimum Gasteiger partial charge on any atom is -0.493 e. The second kappa shape index (κ2) is 11.0. The molecule has 0 aliphatic carbocycles. The zero-order valence-electron chi connectivity index (χ0n) is 20.0. The van der Waals surface area contributed by atoms with Crippen LogP contribution in [0.25, 0.3) is 21.2 Å². The van der Waals surface area contributed by atoms with Gasteiger partial charge in [0.2, 0.25) is 0 Å². The van der Waals surface area contributed by atoms with Crippen LogP contribution >= 0.6 is 11.3 Å². The van der Waals surface area contributed by atoms with Crippen molar-refractivity contribution in [2.24, 2.45) is 18.7 Å². The third-order valence-corrected chi connectivity index (χ3v) is 7.45. The van der Waals surface area contributed by atoms with Crippen LogP contribution in [-0.4, -0.2) is 24.8 Å². The highest BCUT2D eigenvalue weighted by Crippen LogP contribution is 2.38. The summed E-state index contributed by atoms with van der Waals surface area (Å²) in [6.45, 7) is 4.53. The molecule has 3 N–H and O–H groups in total. The lowest BCUT2D eigenvalue weighted by molar-refractivity contribution is 0.355. The third kappa shape index (κ3) is 5.54. The zero-order valence-corrected chi connectivity index (χ0v) is 20.8. The van der Waals surface area contributed by atoms with E-state index in [0.717, 1.165) is 53.3 Å². The minimum absolute atomic E-state index is 0.335. The molecule has 2 heterocycles. The lowest BCUT2D eigenvalue weighted by atomic mass is 9.95. The summed E-state index contributed by atoms with van der Waals surface area (Å²) in [6, 6.07) is 8.55. The van der Waals surface area contributed by atoms with E-state index >= 15 is 0 Å². The van der Waals surface area contributed by atoms with E-state index in [4.69, 9.17) is 20.6 Å². The molecular weight excluding hydrogens is 418 g/mol. The molecular formula is C26H37N3O2S. The highest BCUT2D eigenvalue weighted by Gasteiger charge is 2.15. The Hall–Kier alpha value is -2.31. The van der Waals surface area contributed by atoms with E-state index in [2.05, 4.69) is 26.0 Å². The summed E-state index contributed by atoms with van der Waals surface area (Å²) >= 11 is 1.81. The maximum atomic E-state index is 8.58. The van der Waals surface area contributed by atoms with Crippen LogP contribution in [0.2, 0.25) is 0 Å². The maximum Gasteiger partial charge on any atom is 0.161 e. The van der Waals surface area contributed by atoms with Gasteiger partial charge in [-0.2, -0.15) is 0 Å². The van der Waals surface area contributed by atoms with E-state index in [1.165, 1.54) is 11.3 Å². The number of fused-ring (bicyclic) bond motifs is 1. The van der Waals surface area contributed by atoms with Gasteiger partial charge in [0.1, 0.15) is 5.49 Å². The van der Waals surface area contributed by atoms with Gasteiger partial charge in [-0.15, -0.1) is 11.3 Å². The first kappa shape index (κ1) is 24.3. The van der Waals surface area contributed by atoms with Crippen LogP contribution in [0.4, 0.5) is 0 Å². The Morgan fingerprint density at radius 3 is 2.50 bits per heavy atom. The average Bonchev–Trinajstić information content (AvgIpc) is 3.23. The number of pyridine rings is 1. The van der Waals surface area contributed by atoms with Crippen molar-refractivity contribution in [2.75, 3.05) is 14.2 Å². The summed E-state index contributed by atoms with van der Waals surface area (Å²) < 4.78 is 14.0. The maximum absolute atomic E-state index is 8.58. The molecule has 0 amide bonds. The Kier molecular flexibility index (Phi) is 8.38. The number of ether oxygens (including phenoxy) is 2. The van der Waals surface area contributed by atoms with E-state index < -0.39 is 0 Å². The molecule has 0 radical (unpaired) electrons. The van der Waals surface area contributed by atoms with Gasteiger partial charge in [0.05, 0.1) is 14.2 Å². The van der Waals surface area contributed by atoms with Crippen molar-refractivity contribution in [3.8, 4) is 22.6 Å². The molecule has 0 aliphatic heterocycles. The van der Waals surface area contributed by atoms with Gasteiger partial charge in [0.15, 0.2) is 11.5 Å². The number of aryl methyl sites for hydroxylation is 2. The highest BCUT2D eigenvalue weighted by molar-refractivity contribution is 7.19. The average molecular weight is 456 g/mol. The van der Waals surface area contributed by atoms with Crippen molar-refractivity contribution in [2.45, 2.75) is 58.4 Å². The Labute approximate surface area is 195 Å². The number of nitrogens with one attached hydrogen (secondary N) is 1. The fourth-order valence-corrected chi connectivity index (χ4v) is 5.41. The molecule has 2 aromatic heterocycles. The monoisotopic (exact) mass is 455 g/mol. The lowest BCUT2D eigenvalue weighted by Gasteiger charge is -2.14. The smallest absolute Gasteiger partial charge is 0.161 e. The molecule has 0 saturated carbocycles. The Balaban J connectivity index is 1.85. The van der Waals surface area contributed by atoms with Gasteiger partial charge in [0.25, 0.3) is 0 Å². The number of hydrogen-bond acceptors (Lipinski definition) is 5. The molecule has 0 aliphatic rings. The summed E-state index contributed by atoms with van der Waals surface area (Å²) in [6.07, 6.45) is 8.80. The number of aromatic nitrogens is 1. The summed E-state index contributed by atoms with van der Waals surface area (Å²) in [5, 5.41) is 9.59. The minimum atomic E-state index is 0.335. The van der Waals surface area contributed by atoms with Gasteiger partial charge in [-0.25, -0.2) is 0 Å². The molecule has 32 heavy (non-hydrogen) atoms. The van der Waals surface area contributed by atoms with Crippen LogP contribution in [0, 0.1) is 11.3 Å². The quantitative estimate of drug-likeness (QED) is 0.379. The zero-order chi connectivity index (χ0) is 23.3. The summed E-state index contributed by atoms with van der Waals surface area (Å²) in [5.74, 6) is 2.08. The fourth-order valence-electron chi connectivity index (χ4n) is 4.20. The predicted octanol–water partition coefficient (Wildman–Crippen LogP) is 5.88. The first-order valence-corrected chi connectivity index (χ1v) is 12.3. The molecule has 174 valence electrons. The number of thiophene rings is 1. The molecule has 2 atom stereocenters. The van der Waals surface area contributed by atoms with Crippen molar-refractivity contribution in [1.82, 2.24) is 4.57 Å². The number of nitrogens with zero attached hydrogens (tertiary/aromatic N) is 1. The number of benzene rings is 1. The Morgan fingerprint density at radius 1 is 1.06 bits per heavy atom. The summed E-state index contributed by atoms with van der Waals surface area (Å²) in [5.41, 5.74) is 8.93. The molecule has 5 nitrogen and oxygen atoms in total. The van der Waals surface area contributed by atoms with Gasteiger partial charge >= 0.3 is 0 Å². The molecule has 0 fully saturated rings. The summed E-state index contributed by atoms with van der Waals surface area (Å²) in [4.78, 5) is 1.34. The first-order valence-electron chi connectivity index (χ1n) is 11.5. The molecule has 0 bridgehead atoms. The van der Waals surface area contributed by atoms with Crippen LogP contribution in [-0.2, 0) is 13.5 Å². The molecule has 0 saturated heterocycles. The number of nitrogens with two attached hydrogens (primary N) is 1. The first-order chi connectivity index (χ1) is 15.4. The van der Waals surface area contributed by atoms with E-state index in [-0.39, 0.29) is 0 Å². The lowest BCUT2D eigenvalue weighted by Crippen LogP contribution is -2.20. The number of methoxy groups -OCH3 is 2. The normalized spacial score (nSPS) is 13.3. The SMILES string of the molecule is CCCC(N)CCC(C)CCc1cc2c(=N)n(C)cc(-c3ccc(OC)c(OC)c3)c2s1. The molecule has 3 rings (SSSR count). The molecule has 3 aromatic rings. The van der Waals surface area contributed by atoms with E-state index in [1.54, 1.807) is 14.2 Å². The van der Waals surface area contributed by atoms with Gasteiger partial charge < -0.3 is 19.8 Å². The topological polar surface area (TPSA) is 73.3 Å². The molecule has 2 unspecified atom stereocenters. The fraction of sp³-hybridized carbons (Fsp3) is 0.500. The van der Waals surface area contributed by atoms with Crippen LogP contribution < -0.4 is 20.7 Å². The standard InChI is InChI=1S/C26H37N3O2S/c1-6-7-19(27)11-8-17(2)9-12-20-15-21-25(32-20)22(16-29(3)26(21)28)18-10-13-23(30-4)24(14-18)31-5/h10,13-17,19,28H,6-9,11-12,27H2,1-5H3. The van der Waals surface area contributed by atoms with Crippen LogP contribution in [0.1, 0.15) is 50.8 Å². The van der Waals surface area contributed by atoms with Crippen molar-refractivity contribution in [1.29, 1.82) is 5.41 Å². The van der Waals surface area contributed by atoms with Crippen molar-refractivity contribution >= 4 is 21.4 Å². The van der Waals surface area contributed by atoms with Crippen LogP contribution in [0.3, 0.4) is 0 Å². The van der Waals surface area contributed by atoms with Crippen molar-refractivity contribution < 1.29 is 9.47 Å². The van der Waals surface area contributed by atoms with Gasteiger partial charge in [-0.3, -0.25) is 5.41 Å². The predicted molar refractivity (Wildman–Crippen MR) is 135 cm³/mol. The van der Waals surface area contributed by atoms with Crippen molar-refractivity contribution in [3.63, 3.8) is 0 Å². The molecule has 0 spiro atoms. The second-order valence-electron chi connectivity index (χ2n) is 8.80. The number of rotatable bonds is 11. The third-order valence-electron chi connectivity index (χ3n) is 6.23. The van der Waals surface area contributed by atoms with Crippen LogP contribution in [0.15, 0.2) is 30.5 Å². The Bertz CT molecular complexity index is 1100.